The van der Waals surface area contributed by atoms with E-state index in [0.717, 1.165) is 12.1 Å². The predicted molar refractivity (Wildman–Crippen MR) is 46.2 cm³/mol. The summed E-state index contributed by atoms with van der Waals surface area (Å²) in [6, 6.07) is 2.64. The number of aromatic carboxylic acids is 1. The second kappa shape index (κ2) is 3.77. The van der Waals surface area contributed by atoms with Gasteiger partial charge in [0, 0.05) is 5.69 Å². The van der Waals surface area contributed by atoms with Gasteiger partial charge in [0.05, 0.1) is 11.1 Å². The number of halogens is 3. The molecular formula is C8H7F3N2O2. The maximum Gasteiger partial charge on any atom is 0.417 e. The number of nitrogens with one attached hydrogen (secondary N) is 1. The number of carboxylic acid groups (broad SMARTS) is 1. The highest BCUT2D eigenvalue weighted by molar-refractivity contribution is 5.90. The molecule has 82 valence electrons. The Balaban J connectivity index is 3.36. The summed E-state index contributed by atoms with van der Waals surface area (Å²) in [5, 5.41) is 8.54. The molecule has 0 fully saturated rings. The van der Waals surface area contributed by atoms with Crippen LogP contribution in [0.1, 0.15) is 15.9 Å². The van der Waals surface area contributed by atoms with Crippen LogP contribution in [-0.4, -0.2) is 11.1 Å². The average Bonchev–Trinajstić information content (AvgIpc) is 2.15. The van der Waals surface area contributed by atoms with Crippen LogP contribution in [0, 0.1) is 0 Å². The van der Waals surface area contributed by atoms with E-state index in [1.165, 1.54) is 0 Å². The lowest BCUT2D eigenvalue weighted by atomic mass is 10.1. The van der Waals surface area contributed by atoms with E-state index in [9.17, 15) is 18.0 Å². The van der Waals surface area contributed by atoms with Crippen molar-refractivity contribution >= 4 is 11.7 Å². The van der Waals surface area contributed by atoms with Gasteiger partial charge >= 0.3 is 12.1 Å². The van der Waals surface area contributed by atoms with Crippen molar-refractivity contribution in [2.75, 3.05) is 5.43 Å². The summed E-state index contributed by atoms with van der Waals surface area (Å²) in [4.78, 5) is 10.5. The van der Waals surface area contributed by atoms with Crippen molar-refractivity contribution in [3.05, 3.63) is 29.3 Å². The molecule has 1 rings (SSSR count). The van der Waals surface area contributed by atoms with E-state index in [-0.39, 0.29) is 5.69 Å². The number of rotatable bonds is 2. The first-order chi connectivity index (χ1) is 6.86. The number of alkyl halides is 3. The first-order valence-corrected chi connectivity index (χ1v) is 3.77. The Hall–Kier alpha value is -1.76. The predicted octanol–water partition coefficient (Wildman–Crippen LogP) is 1.69. The molecule has 0 unspecified atom stereocenters. The number of carbonyl (C=O) groups is 1. The van der Waals surface area contributed by atoms with E-state index in [1.54, 1.807) is 0 Å². The summed E-state index contributed by atoms with van der Waals surface area (Å²) >= 11 is 0. The van der Waals surface area contributed by atoms with Crippen molar-refractivity contribution in [2.45, 2.75) is 6.18 Å². The summed E-state index contributed by atoms with van der Waals surface area (Å²) in [5.74, 6) is 3.29. The Morgan fingerprint density at radius 3 is 2.40 bits per heavy atom. The Kier molecular flexibility index (Phi) is 2.85. The number of nitrogen functional groups attached to an aromatic ring is 1. The molecule has 4 nitrogen and oxygen atoms in total. The molecule has 0 amide bonds. The standard InChI is InChI=1S/C8H7F3N2O2/c9-8(10,11)6-3-4(13-12)1-2-5(6)7(14)15/h1-3,13H,12H2,(H,14,15). The highest BCUT2D eigenvalue weighted by Crippen LogP contribution is 2.33. The van der Waals surface area contributed by atoms with Crippen molar-refractivity contribution < 1.29 is 23.1 Å². The second-order valence-corrected chi connectivity index (χ2v) is 2.71. The molecule has 0 atom stereocenters. The van der Waals surface area contributed by atoms with E-state index < -0.39 is 23.3 Å². The molecule has 4 N–H and O–H groups in total. The summed E-state index contributed by atoms with van der Waals surface area (Å²) in [7, 11) is 0. The number of hydrogen-bond donors (Lipinski definition) is 3. The van der Waals surface area contributed by atoms with E-state index in [0.29, 0.717) is 6.07 Å². The second-order valence-electron chi connectivity index (χ2n) is 2.71. The molecule has 0 saturated carbocycles. The minimum absolute atomic E-state index is 0.00711. The molecule has 0 aliphatic carbocycles. The van der Waals surface area contributed by atoms with Gasteiger partial charge in [-0.1, -0.05) is 0 Å². The molecule has 0 aromatic heterocycles. The zero-order valence-electron chi connectivity index (χ0n) is 7.30. The molecule has 0 bridgehead atoms. The maximum absolute atomic E-state index is 12.4. The largest absolute Gasteiger partial charge is 0.478 e. The fraction of sp³-hybridized carbons (Fsp3) is 0.125. The normalized spacial score (nSPS) is 11.2. The monoisotopic (exact) mass is 220 g/mol. The molecule has 1 aromatic carbocycles. The molecule has 7 heteroatoms. The van der Waals surface area contributed by atoms with Crippen molar-refractivity contribution in [3.8, 4) is 0 Å². The van der Waals surface area contributed by atoms with Crippen LogP contribution in [0.15, 0.2) is 18.2 Å². The summed E-state index contributed by atoms with van der Waals surface area (Å²) in [6.45, 7) is 0. The minimum Gasteiger partial charge on any atom is -0.478 e. The Morgan fingerprint density at radius 2 is 2.00 bits per heavy atom. The van der Waals surface area contributed by atoms with Gasteiger partial charge in [-0.2, -0.15) is 13.2 Å². The van der Waals surface area contributed by atoms with Gasteiger partial charge in [0.15, 0.2) is 0 Å². The molecule has 0 radical (unpaired) electrons. The molecular weight excluding hydrogens is 213 g/mol. The van der Waals surface area contributed by atoms with Crippen molar-refractivity contribution in [1.29, 1.82) is 0 Å². The Bertz CT molecular complexity index is 390. The smallest absolute Gasteiger partial charge is 0.417 e. The van der Waals surface area contributed by atoms with E-state index in [2.05, 4.69) is 0 Å². The quantitative estimate of drug-likeness (QED) is 0.523. The number of nitrogens with two attached hydrogens (primary N) is 1. The van der Waals surface area contributed by atoms with Gasteiger partial charge in [-0.15, -0.1) is 0 Å². The Labute approximate surface area is 82.5 Å². The third kappa shape index (κ3) is 2.38. The molecule has 0 saturated heterocycles. The van der Waals surface area contributed by atoms with E-state index >= 15 is 0 Å². The molecule has 0 heterocycles. The zero-order valence-corrected chi connectivity index (χ0v) is 7.30. The fourth-order valence-electron chi connectivity index (χ4n) is 1.06. The first kappa shape index (κ1) is 11.3. The van der Waals surface area contributed by atoms with Crippen molar-refractivity contribution in [2.24, 2.45) is 5.84 Å². The van der Waals surface area contributed by atoms with Gasteiger partial charge in [-0.25, -0.2) is 4.79 Å². The SMILES string of the molecule is NNc1ccc(C(=O)O)c(C(F)(F)F)c1. The molecule has 0 spiro atoms. The maximum atomic E-state index is 12.4. The van der Waals surface area contributed by atoms with Crippen LogP contribution >= 0.6 is 0 Å². The van der Waals surface area contributed by atoms with Gasteiger partial charge < -0.3 is 10.5 Å². The van der Waals surface area contributed by atoms with Crippen LogP contribution in [-0.2, 0) is 6.18 Å². The molecule has 1 aromatic rings. The number of anilines is 1. The van der Waals surface area contributed by atoms with Crippen LogP contribution in [0.4, 0.5) is 18.9 Å². The number of carboxylic acids is 1. The van der Waals surface area contributed by atoms with Gasteiger partial charge in [0.25, 0.3) is 0 Å². The highest BCUT2D eigenvalue weighted by Gasteiger charge is 2.35. The summed E-state index contributed by atoms with van der Waals surface area (Å²) in [5.41, 5.74) is -0.0297. The zero-order chi connectivity index (χ0) is 11.6. The van der Waals surface area contributed by atoms with Crippen LogP contribution in [0.25, 0.3) is 0 Å². The van der Waals surface area contributed by atoms with Crippen LogP contribution in [0.5, 0.6) is 0 Å². The number of hydrazine groups is 1. The Morgan fingerprint density at radius 1 is 1.40 bits per heavy atom. The lowest BCUT2D eigenvalue weighted by Crippen LogP contribution is -2.15. The fourth-order valence-corrected chi connectivity index (χ4v) is 1.06. The third-order valence-electron chi connectivity index (χ3n) is 1.72. The van der Waals surface area contributed by atoms with Gasteiger partial charge in [0.1, 0.15) is 0 Å². The number of hydrogen-bond acceptors (Lipinski definition) is 3. The third-order valence-corrected chi connectivity index (χ3v) is 1.72. The average molecular weight is 220 g/mol. The minimum atomic E-state index is -4.72. The molecule has 0 aliphatic rings. The van der Waals surface area contributed by atoms with Gasteiger partial charge in [0.2, 0.25) is 0 Å². The summed E-state index contributed by atoms with van der Waals surface area (Å²) < 4.78 is 37.2. The lowest BCUT2D eigenvalue weighted by Gasteiger charge is -2.11. The lowest BCUT2D eigenvalue weighted by molar-refractivity contribution is -0.138. The summed E-state index contributed by atoms with van der Waals surface area (Å²) in [6.07, 6.45) is -4.72. The first-order valence-electron chi connectivity index (χ1n) is 3.77. The van der Waals surface area contributed by atoms with E-state index in [4.69, 9.17) is 10.9 Å². The van der Waals surface area contributed by atoms with Crippen molar-refractivity contribution in [1.82, 2.24) is 0 Å². The van der Waals surface area contributed by atoms with Crippen LogP contribution in [0.2, 0.25) is 0 Å². The number of benzene rings is 1. The molecule has 0 aliphatic heterocycles. The van der Waals surface area contributed by atoms with Gasteiger partial charge in [-0.05, 0) is 18.2 Å². The van der Waals surface area contributed by atoms with Crippen LogP contribution < -0.4 is 11.3 Å². The highest BCUT2D eigenvalue weighted by atomic mass is 19.4. The van der Waals surface area contributed by atoms with E-state index in [1.807, 2.05) is 5.43 Å². The topological polar surface area (TPSA) is 75.3 Å². The van der Waals surface area contributed by atoms with Crippen LogP contribution in [0.3, 0.4) is 0 Å². The molecule has 15 heavy (non-hydrogen) atoms. The van der Waals surface area contributed by atoms with Crippen molar-refractivity contribution in [3.63, 3.8) is 0 Å². The van der Waals surface area contributed by atoms with Gasteiger partial charge in [-0.3, -0.25) is 5.84 Å².